The third kappa shape index (κ3) is 2.07. The van der Waals surface area contributed by atoms with Gasteiger partial charge in [-0.25, -0.2) is 4.68 Å². The van der Waals surface area contributed by atoms with E-state index in [1.807, 2.05) is 13.1 Å². The van der Waals surface area contributed by atoms with E-state index in [-0.39, 0.29) is 0 Å². The van der Waals surface area contributed by atoms with Crippen LogP contribution in [0, 0.1) is 0 Å². The van der Waals surface area contributed by atoms with Gasteiger partial charge in [0.2, 0.25) is 0 Å². The fraction of sp³-hybridized carbons (Fsp3) is 0.429. The SMILES string of the molecule is C=CCCNc1cnnn1C. The van der Waals surface area contributed by atoms with E-state index in [1.165, 1.54) is 0 Å². The number of nitrogens with one attached hydrogen (secondary N) is 1. The normalized spacial score (nSPS) is 9.55. The molecule has 0 spiro atoms. The Morgan fingerprint density at radius 3 is 3.18 bits per heavy atom. The fourth-order valence-electron chi connectivity index (χ4n) is 0.752. The highest BCUT2D eigenvalue weighted by molar-refractivity contribution is 5.30. The molecule has 1 N–H and O–H groups in total. The summed E-state index contributed by atoms with van der Waals surface area (Å²) in [7, 11) is 1.85. The number of rotatable bonds is 4. The van der Waals surface area contributed by atoms with Crippen LogP contribution in [0.4, 0.5) is 5.82 Å². The summed E-state index contributed by atoms with van der Waals surface area (Å²) >= 11 is 0. The van der Waals surface area contributed by atoms with Gasteiger partial charge in [-0.05, 0) is 6.42 Å². The van der Waals surface area contributed by atoms with E-state index in [0.29, 0.717) is 0 Å². The Morgan fingerprint density at radius 2 is 2.64 bits per heavy atom. The highest BCUT2D eigenvalue weighted by Gasteiger charge is 1.94. The number of hydrogen-bond acceptors (Lipinski definition) is 3. The molecule has 1 rings (SSSR count). The maximum absolute atomic E-state index is 3.77. The molecule has 0 unspecified atom stereocenters. The highest BCUT2D eigenvalue weighted by atomic mass is 15.4. The second-order valence-electron chi connectivity index (χ2n) is 2.25. The molecule has 1 heterocycles. The first-order valence-corrected chi connectivity index (χ1v) is 3.54. The molecular formula is C7H12N4. The zero-order chi connectivity index (χ0) is 8.10. The van der Waals surface area contributed by atoms with Gasteiger partial charge >= 0.3 is 0 Å². The summed E-state index contributed by atoms with van der Waals surface area (Å²) in [5, 5.41) is 10.7. The summed E-state index contributed by atoms with van der Waals surface area (Å²) in [6, 6.07) is 0. The standard InChI is InChI=1S/C7H12N4/c1-3-4-5-8-7-6-9-10-11(7)2/h3,6,8H,1,4-5H2,2H3. The van der Waals surface area contributed by atoms with Crippen molar-refractivity contribution in [2.75, 3.05) is 11.9 Å². The van der Waals surface area contributed by atoms with Gasteiger partial charge in [0.1, 0.15) is 5.82 Å². The molecule has 0 aromatic carbocycles. The van der Waals surface area contributed by atoms with Crippen molar-refractivity contribution >= 4 is 5.82 Å². The molecule has 4 heteroatoms. The van der Waals surface area contributed by atoms with Crippen molar-refractivity contribution in [2.45, 2.75) is 6.42 Å². The van der Waals surface area contributed by atoms with E-state index in [0.717, 1.165) is 18.8 Å². The number of nitrogens with zero attached hydrogens (tertiary/aromatic N) is 3. The first-order valence-electron chi connectivity index (χ1n) is 3.54. The molecule has 0 aliphatic rings. The van der Waals surface area contributed by atoms with E-state index < -0.39 is 0 Å². The Morgan fingerprint density at radius 1 is 1.82 bits per heavy atom. The monoisotopic (exact) mass is 152 g/mol. The summed E-state index contributed by atoms with van der Waals surface area (Å²) in [5.74, 6) is 0.937. The quantitative estimate of drug-likeness (QED) is 0.512. The first-order chi connectivity index (χ1) is 5.34. The zero-order valence-electron chi connectivity index (χ0n) is 6.62. The Labute approximate surface area is 65.9 Å². The van der Waals surface area contributed by atoms with Crippen LogP contribution in [0.1, 0.15) is 6.42 Å². The average Bonchev–Trinajstić information content (AvgIpc) is 2.37. The molecule has 1 aromatic rings. The van der Waals surface area contributed by atoms with Crippen LogP contribution in [-0.4, -0.2) is 21.5 Å². The summed E-state index contributed by atoms with van der Waals surface area (Å²) in [6.45, 7) is 4.50. The molecule has 0 bridgehead atoms. The lowest BCUT2D eigenvalue weighted by Crippen LogP contribution is -2.05. The minimum atomic E-state index is 0.880. The maximum atomic E-state index is 3.77. The molecule has 0 fully saturated rings. The van der Waals surface area contributed by atoms with Crippen LogP contribution in [-0.2, 0) is 7.05 Å². The molecule has 4 nitrogen and oxygen atoms in total. The number of aromatic nitrogens is 3. The number of hydrogen-bond donors (Lipinski definition) is 1. The highest BCUT2D eigenvalue weighted by Crippen LogP contribution is 1.99. The van der Waals surface area contributed by atoms with Gasteiger partial charge in [-0.3, -0.25) is 0 Å². The summed E-state index contributed by atoms with van der Waals surface area (Å²) in [6.07, 6.45) is 4.52. The Hall–Kier alpha value is -1.32. The van der Waals surface area contributed by atoms with E-state index in [1.54, 1.807) is 10.9 Å². The third-order valence-corrected chi connectivity index (χ3v) is 1.37. The molecule has 0 atom stereocenters. The maximum Gasteiger partial charge on any atom is 0.144 e. The summed E-state index contributed by atoms with van der Waals surface area (Å²) in [4.78, 5) is 0. The van der Waals surface area contributed by atoms with Crippen molar-refractivity contribution < 1.29 is 0 Å². The Balaban J connectivity index is 2.38. The van der Waals surface area contributed by atoms with Gasteiger partial charge in [-0.2, -0.15) is 0 Å². The molecule has 0 saturated heterocycles. The second kappa shape index (κ2) is 3.75. The van der Waals surface area contributed by atoms with Gasteiger partial charge in [0.15, 0.2) is 0 Å². The minimum absolute atomic E-state index is 0.880. The van der Waals surface area contributed by atoms with Crippen molar-refractivity contribution in [1.82, 2.24) is 15.0 Å². The van der Waals surface area contributed by atoms with Crippen LogP contribution < -0.4 is 5.32 Å². The van der Waals surface area contributed by atoms with Crippen LogP contribution in [0.25, 0.3) is 0 Å². The summed E-state index contributed by atoms with van der Waals surface area (Å²) in [5.41, 5.74) is 0. The van der Waals surface area contributed by atoms with Gasteiger partial charge in [-0.1, -0.05) is 11.3 Å². The molecule has 60 valence electrons. The van der Waals surface area contributed by atoms with Gasteiger partial charge in [-0.15, -0.1) is 11.7 Å². The van der Waals surface area contributed by atoms with Crippen LogP contribution in [0.15, 0.2) is 18.9 Å². The lowest BCUT2D eigenvalue weighted by molar-refractivity contribution is 0.717. The van der Waals surface area contributed by atoms with Crippen molar-refractivity contribution in [1.29, 1.82) is 0 Å². The van der Waals surface area contributed by atoms with Crippen molar-refractivity contribution in [3.63, 3.8) is 0 Å². The fourth-order valence-corrected chi connectivity index (χ4v) is 0.752. The molecule has 0 amide bonds. The third-order valence-electron chi connectivity index (χ3n) is 1.37. The molecule has 0 saturated carbocycles. The van der Waals surface area contributed by atoms with Gasteiger partial charge < -0.3 is 5.32 Å². The van der Waals surface area contributed by atoms with E-state index in [4.69, 9.17) is 0 Å². The predicted molar refractivity (Wildman–Crippen MR) is 44.3 cm³/mol. The van der Waals surface area contributed by atoms with Crippen molar-refractivity contribution in [3.05, 3.63) is 18.9 Å². The molecule has 0 aliphatic heterocycles. The largest absolute Gasteiger partial charge is 0.369 e. The zero-order valence-corrected chi connectivity index (χ0v) is 6.62. The van der Waals surface area contributed by atoms with Crippen molar-refractivity contribution in [2.24, 2.45) is 7.05 Å². The number of aryl methyl sites for hydroxylation is 1. The van der Waals surface area contributed by atoms with Crippen LogP contribution in [0.3, 0.4) is 0 Å². The summed E-state index contributed by atoms with van der Waals surface area (Å²) < 4.78 is 1.70. The van der Waals surface area contributed by atoms with E-state index in [9.17, 15) is 0 Å². The molecule has 0 radical (unpaired) electrons. The molecule has 1 aromatic heterocycles. The lowest BCUT2D eigenvalue weighted by atomic mass is 10.4. The predicted octanol–water partition coefficient (Wildman–Crippen LogP) is 0.803. The van der Waals surface area contributed by atoms with E-state index in [2.05, 4.69) is 22.2 Å². The van der Waals surface area contributed by atoms with Gasteiger partial charge in [0.25, 0.3) is 0 Å². The van der Waals surface area contributed by atoms with Gasteiger partial charge in [0.05, 0.1) is 6.20 Å². The van der Waals surface area contributed by atoms with Crippen LogP contribution in [0.2, 0.25) is 0 Å². The second-order valence-corrected chi connectivity index (χ2v) is 2.25. The molecule has 0 aliphatic carbocycles. The van der Waals surface area contributed by atoms with Crippen LogP contribution in [0.5, 0.6) is 0 Å². The smallest absolute Gasteiger partial charge is 0.144 e. The lowest BCUT2D eigenvalue weighted by Gasteiger charge is -2.01. The van der Waals surface area contributed by atoms with Crippen molar-refractivity contribution in [3.8, 4) is 0 Å². The first kappa shape index (κ1) is 7.78. The Bertz CT molecular complexity index is 228. The Kier molecular flexibility index (Phi) is 2.66. The van der Waals surface area contributed by atoms with Crippen LogP contribution >= 0.6 is 0 Å². The minimum Gasteiger partial charge on any atom is -0.369 e. The van der Waals surface area contributed by atoms with Gasteiger partial charge in [0, 0.05) is 13.6 Å². The van der Waals surface area contributed by atoms with E-state index >= 15 is 0 Å². The average molecular weight is 152 g/mol. The molecule has 11 heavy (non-hydrogen) atoms. The topological polar surface area (TPSA) is 42.7 Å². The molecular weight excluding hydrogens is 140 g/mol. The number of anilines is 1.